The van der Waals surface area contributed by atoms with Crippen molar-refractivity contribution in [2.45, 2.75) is 32.7 Å². The van der Waals surface area contributed by atoms with Crippen LogP contribution >= 0.6 is 0 Å². The molecular formula is C26H29N7O3. The molecule has 0 radical (unpaired) electrons. The Morgan fingerprint density at radius 1 is 1.11 bits per heavy atom. The van der Waals surface area contributed by atoms with Crippen LogP contribution in [-0.2, 0) is 0 Å². The number of rotatable bonds is 9. The van der Waals surface area contributed by atoms with Crippen molar-refractivity contribution in [3.8, 4) is 11.5 Å². The number of hydrogen-bond acceptors (Lipinski definition) is 9. The summed E-state index contributed by atoms with van der Waals surface area (Å²) in [7, 11) is 1.60. The molecule has 0 aliphatic rings. The van der Waals surface area contributed by atoms with Crippen molar-refractivity contribution in [3.05, 3.63) is 77.3 Å². The second kappa shape index (κ2) is 11.0. The maximum atomic E-state index is 12.0. The molecule has 186 valence electrons. The largest absolute Gasteiger partial charge is 0.420 e. The van der Waals surface area contributed by atoms with Crippen molar-refractivity contribution >= 4 is 23.4 Å². The molecular weight excluding hydrogens is 458 g/mol. The van der Waals surface area contributed by atoms with Crippen molar-refractivity contribution < 1.29 is 14.3 Å². The monoisotopic (exact) mass is 487 g/mol. The van der Waals surface area contributed by atoms with Crippen LogP contribution in [0.1, 0.15) is 53.2 Å². The van der Waals surface area contributed by atoms with Crippen molar-refractivity contribution in [1.29, 1.82) is 0 Å². The first-order valence-corrected chi connectivity index (χ1v) is 11.6. The van der Waals surface area contributed by atoms with Gasteiger partial charge < -0.3 is 25.5 Å². The number of amides is 1. The molecule has 10 nitrogen and oxygen atoms in total. The number of aliphatic hydroxyl groups is 1. The second-order valence-electron chi connectivity index (χ2n) is 8.58. The van der Waals surface area contributed by atoms with Gasteiger partial charge in [0, 0.05) is 30.4 Å². The quantitative estimate of drug-likeness (QED) is 0.273. The van der Waals surface area contributed by atoms with Gasteiger partial charge in [0.1, 0.15) is 5.82 Å². The summed E-state index contributed by atoms with van der Waals surface area (Å²) in [6.07, 6.45) is 1.60. The van der Waals surface area contributed by atoms with E-state index in [0.717, 1.165) is 16.8 Å². The third kappa shape index (κ3) is 5.49. The Morgan fingerprint density at radius 3 is 2.53 bits per heavy atom. The number of hydrogen-bond donors (Lipinski definition) is 4. The molecule has 1 amide bonds. The number of carbonyl (C=O) groups is 1. The first kappa shape index (κ1) is 24.8. The molecule has 2 aromatic heterocycles. The summed E-state index contributed by atoms with van der Waals surface area (Å²) in [5, 5.41) is 27.5. The van der Waals surface area contributed by atoms with E-state index in [9.17, 15) is 9.90 Å². The number of carbonyl (C=O) groups excluding carboxylic acids is 1. The van der Waals surface area contributed by atoms with Crippen molar-refractivity contribution in [2.24, 2.45) is 0 Å². The van der Waals surface area contributed by atoms with E-state index in [1.807, 2.05) is 57.2 Å². The number of benzene rings is 2. The summed E-state index contributed by atoms with van der Waals surface area (Å²) in [5.74, 6) is 1.45. The predicted octanol–water partition coefficient (Wildman–Crippen LogP) is 4.21. The molecule has 2 heterocycles. The zero-order chi connectivity index (χ0) is 25.7. The van der Waals surface area contributed by atoms with E-state index in [2.05, 4.69) is 36.1 Å². The minimum atomic E-state index is -0.422. The van der Waals surface area contributed by atoms with E-state index in [1.165, 1.54) is 0 Å². The minimum Gasteiger partial charge on any atom is -0.420 e. The molecule has 0 bridgehead atoms. The fraction of sp³-hybridized carbons (Fsp3) is 0.269. The smallest absolute Gasteiger partial charge is 0.253 e. The fourth-order valence-electron chi connectivity index (χ4n) is 3.63. The molecule has 0 fully saturated rings. The Balaban J connectivity index is 1.69. The van der Waals surface area contributed by atoms with Crippen LogP contribution in [0, 0.1) is 6.92 Å². The zero-order valence-corrected chi connectivity index (χ0v) is 20.6. The molecule has 4 aromatic rings. The first-order valence-electron chi connectivity index (χ1n) is 11.6. The highest BCUT2D eigenvalue weighted by Crippen LogP contribution is 2.31. The Morgan fingerprint density at radius 2 is 1.89 bits per heavy atom. The molecule has 4 N–H and O–H groups in total. The summed E-state index contributed by atoms with van der Waals surface area (Å²) >= 11 is 0. The highest BCUT2D eigenvalue weighted by Gasteiger charge is 2.20. The van der Waals surface area contributed by atoms with E-state index in [0.29, 0.717) is 28.8 Å². The van der Waals surface area contributed by atoms with E-state index >= 15 is 0 Å². The molecule has 0 saturated heterocycles. The number of nitrogens with one attached hydrogen (secondary N) is 3. The van der Waals surface area contributed by atoms with E-state index < -0.39 is 6.04 Å². The van der Waals surface area contributed by atoms with E-state index in [4.69, 9.17) is 4.42 Å². The van der Waals surface area contributed by atoms with Crippen LogP contribution in [-0.4, -0.2) is 44.8 Å². The van der Waals surface area contributed by atoms with Gasteiger partial charge in [-0.2, -0.15) is 4.98 Å². The lowest BCUT2D eigenvalue weighted by molar-refractivity contribution is 0.0962. The molecule has 1 atom stereocenters. The third-order valence-electron chi connectivity index (χ3n) is 5.60. The highest BCUT2D eigenvalue weighted by atomic mass is 16.4. The van der Waals surface area contributed by atoms with Gasteiger partial charge in [-0.15, -0.1) is 10.2 Å². The molecule has 36 heavy (non-hydrogen) atoms. The molecule has 0 spiro atoms. The van der Waals surface area contributed by atoms with Gasteiger partial charge in [-0.25, -0.2) is 4.98 Å². The van der Waals surface area contributed by atoms with Gasteiger partial charge in [0.2, 0.25) is 11.8 Å². The average Bonchev–Trinajstić information content (AvgIpc) is 3.38. The second-order valence-corrected chi connectivity index (χ2v) is 8.58. The maximum Gasteiger partial charge on any atom is 0.253 e. The molecule has 0 saturated carbocycles. The lowest BCUT2D eigenvalue weighted by Crippen LogP contribution is -2.19. The highest BCUT2D eigenvalue weighted by molar-refractivity contribution is 5.95. The van der Waals surface area contributed by atoms with Gasteiger partial charge in [0.25, 0.3) is 11.8 Å². The Kier molecular flexibility index (Phi) is 7.55. The van der Waals surface area contributed by atoms with Gasteiger partial charge >= 0.3 is 0 Å². The molecule has 2 aromatic carbocycles. The van der Waals surface area contributed by atoms with Crippen molar-refractivity contribution in [2.75, 3.05) is 24.3 Å². The molecule has 0 aliphatic carbocycles. The maximum absolute atomic E-state index is 12.0. The summed E-state index contributed by atoms with van der Waals surface area (Å²) in [6, 6.07) is 14.5. The van der Waals surface area contributed by atoms with Gasteiger partial charge in [-0.05, 0) is 36.2 Å². The molecule has 0 aliphatic heterocycles. The van der Waals surface area contributed by atoms with Gasteiger partial charge in [0.05, 0.1) is 18.2 Å². The first-order chi connectivity index (χ1) is 17.4. The van der Waals surface area contributed by atoms with Crippen LogP contribution in [0.15, 0.2) is 59.1 Å². The number of anilines is 3. The van der Waals surface area contributed by atoms with Crippen LogP contribution in [0.2, 0.25) is 0 Å². The number of aryl methyl sites for hydroxylation is 1. The molecule has 4 rings (SSSR count). The van der Waals surface area contributed by atoms with Gasteiger partial charge in [-0.1, -0.05) is 44.2 Å². The average molecular weight is 488 g/mol. The number of aliphatic hydroxyl groups excluding tert-OH is 1. The number of aromatic nitrogens is 4. The predicted molar refractivity (Wildman–Crippen MR) is 137 cm³/mol. The van der Waals surface area contributed by atoms with Crippen LogP contribution in [0.3, 0.4) is 0 Å². The normalized spacial score (nSPS) is 11.8. The summed E-state index contributed by atoms with van der Waals surface area (Å²) in [4.78, 5) is 21.1. The van der Waals surface area contributed by atoms with Crippen molar-refractivity contribution in [1.82, 2.24) is 25.5 Å². The number of nitrogens with zero attached hydrogens (tertiary/aromatic N) is 4. The minimum absolute atomic E-state index is 0.0695. The summed E-state index contributed by atoms with van der Waals surface area (Å²) < 4.78 is 5.85. The van der Waals surface area contributed by atoms with Gasteiger partial charge in [-0.3, -0.25) is 4.79 Å². The van der Waals surface area contributed by atoms with Crippen LogP contribution < -0.4 is 16.0 Å². The Labute approximate surface area is 209 Å². The Hall–Kier alpha value is -4.31. The lowest BCUT2D eigenvalue weighted by Gasteiger charge is -2.19. The summed E-state index contributed by atoms with van der Waals surface area (Å²) in [6.45, 7) is 5.64. The van der Waals surface area contributed by atoms with E-state index in [1.54, 1.807) is 25.4 Å². The van der Waals surface area contributed by atoms with Crippen molar-refractivity contribution in [3.63, 3.8) is 0 Å². The standard InChI is InChI=1S/C26H29N7O3/c1-15(2)24-32-33-25(36-24)20-13-28-26(29-18-10-11-19(16(3)12-18)23(35)27-4)31-22(20)30-21(14-34)17-8-6-5-7-9-17/h5-13,15,21,34H,14H2,1-4H3,(H,27,35)(H2,28,29,30,31)/t21-/m1/s1. The SMILES string of the molecule is CNC(=O)c1ccc(Nc2ncc(-c3nnc(C(C)C)o3)c(N[C@H](CO)c3ccccc3)n2)cc1C. The molecule has 0 unspecified atom stereocenters. The topological polar surface area (TPSA) is 138 Å². The molecule has 10 heteroatoms. The van der Waals surface area contributed by atoms with Crippen LogP contribution in [0.4, 0.5) is 17.5 Å². The van der Waals surface area contributed by atoms with E-state index in [-0.39, 0.29) is 24.3 Å². The fourth-order valence-corrected chi connectivity index (χ4v) is 3.63. The van der Waals surface area contributed by atoms with Gasteiger partial charge in [0.15, 0.2) is 0 Å². The Bertz CT molecular complexity index is 1340. The third-order valence-corrected chi connectivity index (χ3v) is 5.60. The summed E-state index contributed by atoms with van der Waals surface area (Å²) in [5.41, 5.74) is 3.53. The zero-order valence-electron chi connectivity index (χ0n) is 20.6. The van der Waals surface area contributed by atoms with Crippen LogP contribution in [0.25, 0.3) is 11.5 Å². The lowest BCUT2D eigenvalue weighted by atomic mass is 10.1. The van der Waals surface area contributed by atoms with Crippen LogP contribution in [0.5, 0.6) is 0 Å².